The molecule has 7 rings (SSSR count). The van der Waals surface area contributed by atoms with Crippen LogP contribution in [-0.4, -0.2) is 34.2 Å². The molecule has 5 aliphatic carbocycles. The summed E-state index contributed by atoms with van der Waals surface area (Å²) in [6.07, 6.45) is 13.8. The maximum atomic E-state index is 12.8. The van der Waals surface area contributed by atoms with Gasteiger partial charge in [0.1, 0.15) is 22.7 Å². The molecule has 0 aliphatic heterocycles. The number of esters is 3. The lowest BCUT2D eigenvalue weighted by Crippen LogP contribution is -2.63. The van der Waals surface area contributed by atoms with Gasteiger partial charge in [0.05, 0.1) is 16.4 Å². The Morgan fingerprint density at radius 2 is 1.16 bits per heavy atom. The van der Waals surface area contributed by atoms with Gasteiger partial charge in [-0.05, 0) is 188 Å². The molecule has 5 saturated carbocycles. The Morgan fingerprint density at radius 1 is 0.684 bits per heavy atom. The van der Waals surface area contributed by atoms with Gasteiger partial charge in [-0.1, -0.05) is 67.5 Å². The molecule has 318 valence electrons. The van der Waals surface area contributed by atoms with Gasteiger partial charge in [-0.2, -0.15) is 0 Å². The Bertz CT molecular complexity index is 1580. The summed E-state index contributed by atoms with van der Waals surface area (Å²) in [5, 5.41) is 9.17. The molecular formula is C50H76O7. The van der Waals surface area contributed by atoms with E-state index in [2.05, 4.69) is 48.5 Å². The van der Waals surface area contributed by atoms with Crippen LogP contribution in [-0.2, 0) is 19.1 Å². The lowest BCUT2D eigenvalue weighted by molar-refractivity contribution is -0.231. The number of carbonyl (C=O) groups is 3. The molecular weight excluding hydrogens is 713 g/mol. The van der Waals surface area contributed by atoms with Gasteiger partial charge in [0, 0.05) is 0 Å². The Kier molecular flexibility index (Phi) is 15.6. The van der Waals surface area contributed by atoms with Crippen molar-refractivity contribution in [1.29, 1.82) is 0 Å². The number of hydrogen-bond acceptors (Lipinski definition) is 7. The summed E-state index contributed by atoms with van der Waals surface area (Å²) in [5.41, 5.74) is 0.695. The van der Waals surface area contributed by atoms with Crippen LogP contribution in [0.15, 0.2) is 48.5 Å². The topological polar surface area (TPSA) is 99.1 Å². The number of rotatable bonds is 12. The third-order valence-electron chi connectivity index (χ3n) is 14.6. The van der Waals surface area contributed by atoms with Crippen molar-refractivity contribution < 1.29 is 33.7 Å². The fourth-order valence-electron chi connectivity index (χ4n) is 9.69. The molecule has 0 aromatic heterocycles. The largest absolute Gasteiger partial charge is 0.508 e. The van der Waals surface area contributed by atoms with Crippen molar-refractivity contribution in [2.24, 2.45) is 46.3 Å². The molecule has 1 N–H and O–H groups in total. The smallest absolute Gasteiger partial charge is 0.343 e. The van der Waals surface area contributed by atoms with E-state index in [1.807, 2.05) is 46.8 Å². The zero-order chi connectivity index (χ0) is 42.3. The van der Waals surface area contributed by atoms with Gasteiger partial charge in [0.2, 0.25) is 0 Å². The lowest BCUT2D eigenvalue weighted by Gasteiger charge is -2.62. The first-order chi connectivity index (χ1) is 26.7. The van der Waals surface area contributed by atoms with Crippen LogP contribution in [0.1, 0.15) is 182 Å². The Morgan fingerprint density at radius 3 is 1.58 bits per heavy atom. The summed E-state index contributed by atoms with van der Waals surface area (Å²) >= 11 is 0. The van der Waals surface area contributed by atoms with Gasteiger partial charge >= 0.3 is 17.9 Å². The van der Waals surface area contributed by atoms with E-state index in [-0.39, 0.29) is 39.7 Å². The molecule has 57 heavy (non-hydrogen) atoms. The minimum absolute atomic E-state index is 0.0226. The fourth-order valence-corrected chi connectivity index (χ4v) is 9.69. The standard InChI is InChI=1S/C19H32O2.C17H18O3.C14H26O2/c1-6-18(4,5)17(20)21-19(12(2)3)15-8-13-7-14(10-15)11-16(19)9-13;1-3-12(2)13-4-6-14(7-5-13)17(19)20-16-10-8-15(18)9-11-16;1-6-13(4,5)12(15)16-14(11(2)3)9-7-8-10-14/h12-16H,6-11H2,1-5H3;4-12,18H,3H2,1-2H3;11H,6-10H2,1-5H3. The molecule has 7 nitrogen and oxygen atoms in total. The van der Waals surface area contributed by atoms with Crippen LogP contribution in [0.25, 0.3) is 0 Å². The van der Waals surface area contributed by atoms with Crippen LogP contribution in [0.5, 0.6) is 11.5 Å². The van der Waals surface area contributed by atoms with Gasteiger partial charge in [0.25, 0.3) is 0 Å². The predicted molar refractivity (Wildman–Crippen MR) is 229 cm³/mol. The molecule has 2 aromatic carbocycles. The predicted octanol–water partition coefficient (Wildman–Crippen LogP) is 12.9. The summed E-state index contributed by atoms with van der Waals surface area (Å²) in [7, 11) is 0. The number of hydrogen-bond donors (Lipinski definition) is 1. The minimum atomic E-state index is -0.397. The van der Waals surface area contributed by atoms with Gasteiger partial charge in [-0.25, -0.2) is 4.79 Å². The van der Waals surface area contributed by atoms with E-state index in [4.69, 9.17) is 14.2 Å². The number of carbonyl (C=O) groups excluding carboxylic acids is 3. The first-order valence-corrected chi connectivity index (χ1v) is 22.3. The van der Waals surface area contributed by atoms with E-state index in [1.165, 1.54) is 62.6 Å². The van der Waals surface area contributed by atoms with Crippen LogP contribution >= 0.6 is 0 Å². The fraction of sp³-hybridized carbons (Fsp3) is 0.700. The van der Waals surface area contributed by atoms with Crippen molar-refractivity contribution in [3.8, 4) is 11.5 Å². The molecule has 1 atom stereocenters. The second kappa shape index (κ2) is 19.1. The molecule has 0 spiro atoms. The van der Waals surface area contributed by atoms with Crippen molar-refractivity contribution in [3.05, 3.63) is 59.7 Å². The summed E-state index contributed by atoms with van der Waals surface area (Å²) in [6, 6.07) is 13.6. The van der Waals surface area contributed by atoms with E-state index >= 15 is 0 Å². The first-order valence-electron chi connectivity index (χ1n) is 22.3. The number of phenols is 1. The van der Waals surface area contributed by atoms with Crippen LogP contribution in [0, 0.1) is 46.3 Å². The van der Waals surface area contributed by atoms with E-state index in [1.54, 1.807) is 24.3 Å². The van der Waals surface area contributed by atoms with Crippen molar-refractivity contribution in [3.63, 3.8) is 0 Å². The second-order valence-corrected chi connectivity index (χ2v) is 19.8. The zero-order valence-electron chi connectivity index (χ0n) is 37.5. The van der Waals surface area contributed by atoms with Crippen molar-refractivity contribution in [2.45, 2.75) is 177 Å². The van der Waals surface area contributed by atoms with E-state index < -0.39 is 5.97 Å². The van der Waals surface area contributed by atoms with Gasteiger partial charge in [0.15, 0.2) is 0 Å². The number of ether oxygens (including phenoxy) is 3. The van der Waals surface area contributed by atoms with Crippen molar-refractivity contribution >= 4 is 17.9 Å². The highest BCUT2D eigenvalue weighted by atomic mass is 16.6. The highest BCUT2D eigenvalue weighted by Gasteiger charge is 2.61. The van der Waals surface area contributed by atoms with Crippen LogP contribution in [0.3, 0.4) is 0 Å². The maximum absolute atomic E-state index is 12.8. The van der Waals surface area contributed by atoms with E-state index in [0.717, 1.165) is 43.9 Å². The number of aromatic hydroxyl groups is 1. The summed E-state index contributed by atoms with van der Waals surface area (Å²) < 4.78 is 17.5. The van der Waals surface area contributed by atoms with Crippen LogP contribution in [0.4, 0.5) is 0 Å². The molecule has 7 heteroatoms. The minimum Gasteiger partial charge on any atom is -0.508 e. The third kappa shape index (κ3) is 10.8. The summed E-state index contributed by atoms with van der Waals surface area (Å²) in [6.45, 7) is 25.3. The molecule has 4 bridgehead atoms. The highest BCUT2D eigenvalue weighted by Crippen LogP contribution is 2.62. The molecule has 0 heterocycles. The lowest BCUT2D eigenvalue weighted by atomic mass is 9.47. The molecule has 1 unspecified atom stereocenters. The Balaban J connectivity index is 0.000000192. The monoisotopic (exact) mass is 789 g/mol. The number of phenolic OH excluding ortho intramolecular Hbond substituents is 1. The maximum Gasteiger partial charge on any atom is 0.343 e. The molecule has 0 saturated heterocycles. The second-order valence-electron chi connectivity index (χ2n) is 19.8. The highest BCUT2D eigenvalue weighted by molar-refractivity contribution is 5.91. The quantitative estimate of drug-likeness (QED) is 0.169. The first kappa shape index (κ1) is 46.3. The van der Waals surface area contributed by atoms with Gasteiger partial charge in [-0.15, -0.1) is 0 Å². The summed E-state index contributed by atoms with van der Waals surface area (Å²) in [5.74, 6) is 4.57. The molecule has 5 fully saturated rings. The molecule has 0 radical (unpaired) electrons. The van der Waals surface area contributed by atoms with Crippen molar-refractivity contribution in [1.82, 2.24) is 0 Å². The molecule has 5 aliphatic rings. The van der Waals surface area contributed by atoms with Gasteiger partial charge < -0.3 is 19.3 Å². The normalized spacial score (nSPS) is 25.2. The average molecular weight is 789 g/mol. The molecule has 0 amide bonds. The van der Waals surface area contributed by atoms with Crippen LogP contribution in [0.2, 0.25) is 0 Å². The van der Waals surface area contributed by atoms with E-state index in [0.29, 0.717) is 40.9 Å². The average Bonchev–Trinajstić information content (AvgIpc) is 3.67. The van der Waals surface area contributed by atoms with Gasteiger partial charge in [-0.3, -0.25) is 9.59 Å². The number of benzene rings is 2. The Hall–Kier alpha value is -3.35. The van der Waals surface area contributed by atoms with Crippen molar-refractivity contribution in [2.75, 3.05) is 0 Å². The van der Waals surface area contributed by atoms with Crippen LogP contribution < -0.4 is 4.74 Å². The van der Waals surface area contributed by atoms with E-state index in [9.17, 15) is 19.5 Å². The Labute approximate surface area is 345 Å². The molecule has 2 aromatic rings. The third-order valence-corrected chi connectivity index (χ3v) is 14.6. The summed E-state index contributed by atoms with van der Waals surface area (Å²) in [4.78, 5) is 36.9. The SMILES string of the molecule is CCC(C)(C)C(=O)OC1(C(C)C)C2CC3CC(C2)CC1C3.CCC(C)(C)C(=O)OC1(C(C)C)CCCC1.CCC(C)c1ccc(C(=O)Oc2ccc(O)cc2)cc1. The zero-order valence-corrected chi connectivity index (χ0v) is 37.5.